The van der Waals surface area contributed by atoms with E-state index < -0.39 is 0 Å². The Balaban J connectivity index is 0.00000320. The molecule has 2 N–H and O–H groups in total. The number of piperidine rings is 1. The van der Waals surface area contributed by atoms with E-state index in [1.54, 1.807) is 7.05 Å². The van der Waals surface area contributed by atoms with Crippen molar-refractivity contribution in [3.8, 4) is 0 Å². The van der Waals surface area contributed by atoms with Gasteiger partial charge in [0.2, 0.25) is 5.89 Å². The molecule has 0 spiro atoms. The number of likely N-dealkylation sites (tertiary alicyclic amines) is 1. The lowest BCUT2D eigenvalue weighted by molar-refractivity contribution is 0.198. The molecule has 1 aliphatic heterocycles. The van der Waals surface area contributed by atoms with Gasteiger partial charge in [0.15, 0.2) is 11.8 Å². The molecular formula is C21H32ClIN6O. The summed E-state index contributed by atoms with van der Waals surface area (Å²) in [4.78, 5) is 11.2. The third kappa shape index (κ3) is 7.70. The first-order valence-corrected chi connectivity index (χ1v) is 10.7. The first kappa shape index (κ1) is 24.9. The second-order valence-corrected chi connectivity index (χ2v) is 8.21. The minimum Gasteiger partial charge on any atom is -0.356 e. The first-order chi connectivity index (χ1) is 14.0. The molecular weight excluding hydrogens is 515 g/mol. The molecule has 0 saturated carbocycles. The number of benzene rings is 1. The molecule has 1 aromatic heterocycles. The van der Waals surface area contributed by atoms with Crippen molar-refractivity contribution in [3.05, 3.63) is 46.6 Å². The number of halogens is 2. The largest absolute Gasteiger partial charge is 0.356 e. The maximum absolute atomic E-state index is 5.97. The SMILES string of the molecule is CN=C(NCCc1nc(C(C)C)no1)NC1CCN(Cc2ccc(Cl)cc2)CC1.I. The maximum atomic E-state index is 5.97. The normalized spacial score (nSPS) is 15.8. The van der Waals surface area contributed by atoms with Crippen LogP contribution in [-0.4, -0.2) is 53.7 Å². The molecule has 2 heterocycles. The van der Waals surface area contributed by atoms with Crippen molar-refractivity contribution in [2.45, 2.75) is 51.6 Å². The number of aliphatic imine (C=N–C) groups is 1. The Morgan fingerprint density at radius 3 is 2.57 bits per heavy atom. The highest BCUT2D eigenvalue weighted by Gasteiger charge is 2.20. The van der Waals surface area contributed by atoms with E-state index in [0.29, 0.717) is 24.9 Å². The van der Waals surface area contributed by atoms with Gasteiger partial charge in [-0.15, -0.1) is 24.0 Å². The summed E-state index contributed by atoms with van der Waals surface area (Å²) in [5.74, 6) is 2.52. The van der Waals surface area contributed by atoms with Crippen LogP contribution in [-0.2, 0) is 13.0 Å². The number of hydrogen-bond acceptors (Lipinski definition) is 5. The molecule has 30 heavy (non-hydrogen) atoms. The Bertz CT molecular complexity index is 787. The quantitative estimate of drug-likeness (QED) is 0.312. The van der Waals surface area contributed by atoms with Crippen LogP contribution in [0.25, 0.3) is 0 Å². The molecule has 1 aliphatic rings. The third-order valence-corrected chi connectivity index (χ3v) is 5.35. The molecule has 9 heteroatoms. The van der Waals surface area contributed by atoms with Gasteiger partial charge in [-0.05, 0) is 30.5 Å². The number of guanidine groups is 1. The van der Waals surface area contributed by atoms with Crippen LogP contribution in [0, 0.1) is 0 Å². The molecule has 166 valence electrons. The zero-order valence-electron chi connectivity index (χ0n) is 17.9. The van der Waals surface area contributed by atoms with Crippen molar-refractivity contribution in [1.82, 2.24) is 25.7 Å². The average Bonchev–Trinajstić information content (AvgIpc) is 3.19. The van der Waals surface area contributed by atoms with Gasteiger partial charge in [-0.1, -0.05) is 42.7 Å². The highest BCUT2D eigenvalue weighted by molar-refractivity contribution is 14.0. The van der Waals surface area contributed by atoms with E-state index in [1.165, 1.54) is 5.56 Å². The molecule has 3 rings (SSSR count). The van der Waals surface area contributed by atoms with Crippen LogP contribution in [0.4, 0.5) is 0 Å². The van der Waals surface area contributed by atoms with Crippen molar-refractivity contribution in [1.29, 1.82) is 0 Å². The van der Waals surface area contributed by atoms with Crippen LogP contribution in [0.5, 0.6) is 0 Å². The van der Waals surface area contributed by atoms with Gasteiger partial charge < -0.3 is 15.2 Å². The van der Waals surface area contributed by atoms with Gasteiger partial charge in [0.05, 0.1) is 0 Å². The molecule has 1 aromatic carbocycles. The molecule has 7 nitrogen and oxygen atoms in total. The monoisotopic (exact) mass is 546 g/mol. The summed E-state index contributed by atoms with van der Waals surface area (Å²) in [6.07, 6.45) is 2.87. The third-order valence-electron chi connectivity index (χ3n) is 5.10. The second kappa shape index (κ2) is 12.5. The summed E-state index contributed by atoms with van der Waals surface area (Å²) in [6, 6.07) is 8.55. The Kier molecular flexibility index (Phi) is 10.3. The van der Waals surface area contributed by atoms with Gasteiger partial charge in [-0.3, -0.25) is 9.89 Å². The molecule has 1 fully saturated rings. The van der Waals surface area contributed by atoms with Gasteiger partial charge >= 0.3 is 0 Å². The smallest absolute Gasteiger partial charge is 0.228 e. The lowest BCUT2D eigenvalue weighted by Gasteiger charge is -2.33. The summed E-state index contributed by atoms with van der Waals surface area (Å²) in [5, 5.41) is 11.7. The number of aromatic nitrogens is 2. The summed E-state index contributed by atoms with van der Waals surface area (Å²) >= 11 is 5.97. The van der Waals surface area contributed by atoms with Crippen LogP contribution in [0.3, 0.4) is 0 Å². The Morgan fingerprint density at radius 1 is 1.27 bits per heavy atom. The van der Waals surface area contributed by atoms with Crippen molar-refractivity contribution >= 4 is 41.5 Å². The van der Waals surface area contributed by atoms with E-state index in [4.69, 9.17) is 16.1 Å². The number of hydrogen-bond donors (Lipinski definition) is 2. The van der Waals surface area contributed by atoms with Gasteiger partial charge in [0.25, 0.3) is 0 Å². The Labute approximate surface area is 201 Å². The fourth-order valence-corrected chi connectivity index (χ4v) is 3.49. The summed E-state index contributed by atoms with van der Waals surface area (Å²) in [7, 11) is 1.80. The predicted octanol–water partition coefficient (Wildman–Crippen LogP) is 3.84. The first-order valence-electron chi connectivity index (χ1n) is 10.3. The van der Waals surface area contributed by atoms with Crippen LogP contribution < -0.4 is 10.6 Å². The van der Waals surface area contributed by atoms with Crippen molar-refractivity contribution in [3.63, 3.8) is 0 Å². The summed E-state index contributed by atoms with van der Waals surface area (Å²) in [5.41, 5.74) is 1.31. The molecule has 0 unspecified atom stereocenters. The summed E-state index contributed by atoms with van der Waals surface area (Å²) < 4.78 is 5.28. The minimum atomic E-state index is 0. The molecule has 2 aromatic rings. The molecule has 0 radical (unpaired) electrons. The van der Waals surface area contributed by atoms with Crippen LogP contribution in [0.15, 0.2) is 33.8 Å². The van der Waals surface area contributed by atoms with Gasteiger partial charge in [-0.25, -0.2) is 0 Å². The zero-order chi connectivity index (χ0) is 20.6. The van der Waals surface area contributed by atoms with E-state index >= 15 is 0 Å². The summed E-state index contributed by atoms with van der Waals surface area (Å²) in [6.45, 7) is 7.92. The van der Waals surface area contributed by atoms with E-state index in [2.05, 4.69) is 56.6 Å². The molecule has 0 aliphatic carbocycles. The van der Waals surface area contributed by atoms with Crippen LogP contribution >= 0.6 is 35.6 Å². The second-order valence-electron chi connectivity index (χ2n) is 7.77. The Morgan fingerprint density at radius 2 is 1.97 bits per heavy atom. The minimum absolute atomic E-state index is 0. The highest BCUT2D eigenvalue weighted by Crippen LogP contribution is 2.16. The maximum Gasteiger partial charge on any atom is 0.228 e. The zero-order valence-corrected chi connectivity index (χ0v) is 21.0. The van der Waals surface area contributed by atoms with Gasteiger partial charge in [0.1, 0.15) is 0 Å². The number of nitrogens with zero attached hydrogens (tertiary/aromatic N) is 4. The topological polar surface area (TPSA) is 78.6 Å². The van der Waals surface area contributed by atoms with Crippen LogP contribution in [0.2, 0.25) is 5.02 Å². The lowest BCUT2D eigenvalue weighted by atomic mass is 10.0. The molecule has 0 atom stereocenters. The van der Waals surface area contributed by atoms with Crippen molar-refractivity contribution in [2.75, 3.05) is 26.7 Å². The van der Waals surface area contributed by atoms with E-state index in [9.17, 15) is 0 Å². The lowest BCUT2D eigenvalue weighted by Crippen LogP contribution is -2.48. The van der Waals surface area contributed by atoms with E-state index in [1.807, 2.05) is 12.1 Å². The molecule has 1 saturated heterocycles. The number of rotatable bonds is 7. The average molecular weight is 547 g/mol. The van der Waals surface area contributed by atoms with Crippen LogP contribution in [0.1, 0.15) is 49.9 Å². The molecule has 0 bridgehead atoms. The highest BCUT2D eigenvalue weighted by atomic mass is 127. The van der Waals surface area contributed by atoms with Crippen molar-refractivity contribution < 1.29 is 4.52 Å². The van der Waals surface area contributed by atoms with Crippen molar-refractivity contribution in [2.24, 2.45) is 4.99 Å². The van der Waals surface area contributed by atoms with Gasteiger partial charge in [-0.2, -0.15) is 4.98 Å². The standard InChI is InChI=1S/C21H31ClN6O.HI/c1-15(2)20-26-19(29-27-20)8-11-24-21(23-3)25-18-9-12-28(13-10-18)14-16-4-6-17(22)7-5-16;/h4-7,15,18H,8-14H2,1-3H3,(H2,23,24,25);1H. The van der Waals surface area contributed by atoms with Gasteiger partial charge in [0, 0.05) is 56.6 Å². The fraction of sp³-hybridized carbons (Fsp3) is 0.571. The van der Waals surface area contributed by atoms with E-state index in [0.717, 1.165) is 49.3 Å². The Hall–Kier alpha value is -1.39. The van der Waals surface area contributed by atoms with E-state index in [-0.39, 0.29) is 29.9 Å². The predicted molar refractivity (Wildman–Crippen MR) is 132 cm³/mol. The molecule has 0 amide bonds. The number of nitrogens with one attached hydrogen (secondary N) is 2. The fourth-order valence-electron chi connectivity index (χ4n) is 3.36.